The standard InChI is InChI=1S/C19H19N3O5/c1-12(23)13-4-8-16(9-5-13)27-11-18(25)22-15-6-2-14(3-7-15)19(26)21-10-17(20)24/h2-9H,10-11H2,1H3,(H2,20,24)(H,21,26)(H,22,25). The summed E-state index contributed by atoms with van der Waals surface area (Å²) in [6.07, 6.45) is 0. The highest BCUT2D eigenvalue weighted by molar-refractivity contribution is 5.97. The van der Waals surface area contributed by atoms with Gasteiger partial charge in [0.25, 0.3) is 11.8 Å². The van der Waals surface area contributed by atoms with E-state index >= 15 is 0 Å². The summed E-state index contributed by atoms with van der Waals surface area (Å²) in [5.41, 5.74) is 6.34. The molecule has 0 atom stereocenters. The molecule has 2 rings (SSSR count). The largest absolute Gasteiger partial charge is 0.484 e. The van der Waals surface area contributed by atoms with Crippen LogP contribution in [0.25, 0.3) is 0 Å². The van der Waals surface area contributed by atoms with Gasteiger partial charge in [-0.05, 0) is 55.5 Å². The van der Waals surface area contributed by atoms with E-state index in [2.05, 4.69) is 10.6 Å². The van der Waals surface area contributed by atoms with Gasteiger partial charge in [0.15, 0.2) is 12.4 Å². The van der Waals surface area contributed by atoms with Crippen molar-refractivity contribution < 1.29 is 23.9 Å². The average molecular weight is 369 g/mol. The second kappa shape index (κ2) is 9.14. The third-order valence-corrected chi connectivity index (χ3v) is 3.48. The van der Waals surface area contributed by atoms with Gasteiger partial charge in [0.2, 0.25) is 5.91 Å². The minimum Gasteiger partial charge on any atom is -0.484 e. The van der Waals surface area contributed by atoms with Gasteiger partial charge in [-0.15, -0.1) is 0 Å². The van der Waals surface area contributed by atoms with Crippen molar-refractivity contribution in [2.24, 2.45) is 5.73 Å². The Kier molecular flexibility index (Phi) is 6.65. The Hall–Kier alpha value is -3.68. The molecule has 0 saturated heterocycles. The zero-order valence-electron chi connectivity index (χ0n) is 14.7. The monoisotopic (exact) mass is 369 g/mol. The van der Waals surface area contributed by atoms with E-state index in [4.69, 9.17) is 10.5 Å². The van der Waals surface area contributed by atoms with Crippen LogP contribution in [0.3, 0.4) is 0 Å². The minimum atomic E-state index is -0.636. The number of ketones is 1. The van der Waals surface area contributed by atoms with Crippen LogP contribution in [0.1, 0.15) is 27.6 Å². The number of nitrogens with two attached hydrogens (primary N) is 1. The van der Waals surface area contributed by atoms with Gasteiger partial charge in [0.05, 0.1) is 6.54 Å². The van der Waals surface area contributed by atoms with Crippen molar-refractivity contribution >= 4 is 29.2 Å². The Morgan fingerprint density at radius 3 is 2.07 bits per heavy atom. The van der Waals surface area contributed by atoms with E-state index in [1.54, 1.807) is 36.4 Å². The predicted molar refractivity (Wildman–Crippen MR) is 98.5 cm³/mol. The van der Waals surface area contributed by atoms with E-state index < -0.39 is 11.8 Å². The lowest BCUT2D eigenvalue weighted by Gasteiger charge is -2.09. The summed E-state index contributed by atoms with van der Waals surface area (Å²) in [4.78, 5) is 45.6. The number of anilines is 1. The molecular formula is C19H19N3O5. The number of rotatable bonds is 8. The van der Waals surface area contributed by atoms with E-state index in [9.17, 15) is 19.2 Å². The van der Waals surface area contributed by atoms with Gasteiger partial charge in [-0.25, -0.2) is 0 Å². The van der Waals surface area contributed by atoms with Crippen LogP contribution in [-0.4, -0.2) is 36.7 Å². The van der Waals surface area contributed by atoms with Gasteiger partial charge in [0.1, 0.15) is 5.75 Å². The second-order valence-electron chi connectivity index (χ2n) is 5.64. The fourth-order valence-electron chi connectivity index (χ4n) is 2.11. The highest BCUT2D eigenvalue weighted by Crippen LogP contribution is 2.13. The number of Topliss-reactive ketones (excluding diaryl/α,β-unsaturated/α-hetero) is 1. The molecular weight excluding hydrogens is 350 g/mol. The third-order valence-electron chi connectivity index (χ3n) is 3.48. The molecule has 0 spiro atoms. The van der Waals surface area contributed by atoms with Crippen molar-refractivity contribution in [1.82, 2.24) is 5.32 Å². The highest BCUT2D eigenvalue weighted by Gasteiger charge is 2.08. The van der Waals surface area contributed by atoms with Crippen LogP contribution in [0, 0.1) is 0 Å². The topological polar surface area (TPSA) is 128 Å². The molecule has 4 N–H and O–H groups in total. The smallest absolute Gasteiger partial charge is 0.262 e. The van der Waals surface area contributed by atoms with Crippen molar-refractivity contribution in [1.29, 1.82) is 0 Å². The molecule has 0 radical (unpaired) electrons. The first-order chi connectivity index (χ1) is 12.8. The Labute approximate surface area is 155 Å². The van der Waals surface area contributed by atoms with Crippen LogP contribution in [-0.2, 0) is 9.59 Å². The molecule has 2 aromatic carbocycles. The van der Waals surface area contributed by atoms with Crippen molar-refractivity contribution in [3.05, 3.63) is 59.7 Å². The molecule has 3 amide bonds. The first kappa shape index (κ1) is 19.6. The van der Waals surface area contributed by atoms with E-state index in [0.717, 1.165) is 0 Å². The van der Waals surface area contributed by atoms with Gasteiger partial charge in [-0.3, -0.25) is 19.2 Å². The molecule has 27 heavy (non-hydrogen) atoms. The number of hydrogen-bond acceptors (Lipinski definition) is 5. The Bertz CT molecular complexity index is 845. The van der Waals surface area contributed by atoms with Crippen LogP contribution in [0.4, 0.5) is 5.69 Å². The first-order valence-electron chi connectivity index (χ1n) is 8.05. The molecule has 0 bridgehead atoms. The molecule has 2 aromatic rings. The summed E-state index contributed by atoms with van der Waals surface area (Å²) in [5, 5.41) is 5.00. The van der Waals surface area contributed by atoms with Crippen molar-refractivity contribution in [2.75, 3.05) is 18.5 Å². The number of primary amides is 1. The van der Waals surface area contributed by atoms with Crippen molar-refractivity contribution in [3.8, 4) is 5.75 Å². The molecule has 0 unspecified atom stereocenters. The molecule has 140 valence electrons. The Morgan fingerprint density at radius 2 is 1.52 bits per heavy atom. The molecule has 0 aliphatic heterocycles. The maximum atomic E-state index is 11.9. The summed E-state index contributed by atoms with van der Waals surface area (Å²) in [6.45, 7) is 1.01. The molecule has 0 aliphatic carbocycles. The van der Waals surface area contributed by atoms with Crippen LogP contribution in [0.2, 0.25) is 0 Å². The SMILES string of the molecule is CC(=O)c1ccc(OCC(=O)Nc2ccc(C(=O)NCC(N)=O)cc2)cc1. The molecule has 0 heterocycles. The van der Waals surface area contributed by atoms with Gasteiger partial charge in [-0.1, -0.05) is 0 Å². The van der Waals surface area contributed by atoms with E-state index in [-0.39, 0.29) is 24.8 Å². The van der Waals surface area contributed by atoms with Crippen LogP contribution >= 0.6 is 0 Å². The van der Waals surface area contributed by atoms with Gasteiger partial charge in [0, 0.05) is 16.8 Å². The Balaban J connectivity index is 1.83. The van der Waals surface area contributed by atoms with Gasteiger partial charge >= 0.3 is 0 Å². The van der Waals surface area contributed by atoms with Gasteiger partial charge in [-0.2, -0.15) is 0 Å². The van der Waals surface area contributed by atoms with Gasteiger partial charge < -0.3 is 21.1 Å². The number of ether oxygens (including phenoxy) is 1. The summed E-state index contributed by atoms with van der Waals surface area (Å²) in [6, 6.07) is 12.6. The van der Waals surface area contributed by atoms with Crippen LogP contribution in [0.5, 0.6) is 5.75 Å². The third kappa shape index (κ3) is 6.28. The van der Waals surface area contributed by atoms with E-state index in [1.165, 1.54) is 19.1 Å². The molecule has 0 aromatic heterocycles. The number of amides is 3. The fraction of sp³-hybridized carbons (Fsp3) is 0.158. The maximum Gasteiger partial charge on any atom is 0.262 e. The number of carbonyl (C=O) groups excluding carboxylic acids is 4. The maximum absolute atomic E-state index is 11.9. The van der Waals surface area contributed by atoms with Crippen molar-refractivity contribution in [3.63, 3.8) is 0 Å². The lowest BCUT2D eigenvalue weighted by molar-refractivity contribution is -0.118. The first-order valence-corrected chi connectivity index (χ1v) is 8.05. The number of hydrogen-bond donors (Lipinski definition) is 3. The van der Waals surface area contributed by atoms with E-state index in [1.807, 2.05) is 0 Å². The minimum absolute atomic E-state index is 0.0500. The van der Waals surface area contributed by atoms with E-state index in [0.29, 0.717) is 22.6 Å². The summed E-state index contributed by atoms with van der Waals surface area (Å²) >= 11 is 0. The highest BCUT2D eigenvalue weighted by atomic mass is 16.5. The summed E-state index contributed by atoms with van der Waals surface area (Å²) in [5.74, 6) is -1.04. The zero-order valence-corrected chi connectivity index (χ0v) is 14.7. The number of benzene rings is 2. The van der Waals surface area contributed by atoms with Crippen LogP contribution in [0.15, 0.2) is 48.5 Å². The summed E-state index contributed by atoms with van der Waals surface area (Å²) < 4.78 is 5.36. The predicted octanol–water partition coefficient (Wildman–Crippen LogP) is 1.12. The van der Waals surface area contributed by atoms with Crippen molar-refractivity contribution in [2.45, 2.75) is 6.92 Å². The second-order valence-corrected chi connectivity index (χ2v) is 5.64. The average Bonchev–Trinajstić information content (AvgIpc) is 2.65. The molecule has 8 heteroatoms. The molecule has 0 aliphatic rings. The Morgan fingerprint density at radius 1 is 0.926 bits per heavy atom. The lowest BCUT2D eigenvalue weighted by Crippen LogP contribution is -2.33. The number of nitrogens with one attached hydrogen (secondary N) is 2. The summed E-state index contributed by atoms with van der Waals surface area (Å²) in [7, 11) is 0. The molecule has 0 saturated carbocycles. The quantitative estimate of drug-likeness (QED) is 0.601. The number of carbonyl (C=O) groups is 4. The molecule has 0 fully saturated rings. The molecule has 8 nitrogen and oxygen atoms in total. The fourth-order valence-corrected chi connectivity index (χ4v) is 2.11. The zero-order chi connectivity index (χ0) is 19.8. The van der Waals surface area contributed by atoms with Crippen LogP contribution < -0.4 is 21.1 Å². The normalized spacial score (nSPS) is 9.96. The lowest BCUT2D eigenvalue weighted by atomic mass is 10.1.